The summed E-state index contributed by atoms with van der Waals surface area (Å²) in [6, 6.07) is 10.0. The summed E-state index contributed by atoms with van der Waals surface area (Å²) in [5.41, 5.74) is 0.626. The predicted molar refractivity (Wildman–Crippen MR) is 132 cm³/mol. The van der Waals surface area contributed by atoms with Gasteiger partial charge in [-0.2, -0.15) is 0 Å². The van der Waals surface area contributed by atoms with Crippen LogP contribution in [0.4, 0.5) is 0 Å². The van der Waals surface area contributed by atoms with Gasteiger partial charge in [-0.1, -0.05) is 37.3 Å². The maximum absolute atomic E-state index is 13.4. The van der Waals surface area contributed by atoms with E-state index in [-0.39, 0.29) is 23.6 Å². The van der Waals surface area contributed by atoms with Crippen molar-refractivity contribution in [2.45, 2.75) is 76.3 Å². The number of hydrogen-bond acceptors (Lipinski definition) is 4. The Morgan fingerprint density at radius 2 is 1.82 bits per heavy atom. The molecule has 1 saturated carbocycles. The van der Waals surface area contributed by atoms with E-state index in [0.717, 1.165) is 58.2 Å². The molecule has 3 fully saturated rings. The molecule has 0 aromatic heterocycles. The number of piperazine rings is 1. The molecule has 1 aliphatic carbocycles. The number of nitrogens with one attached hydrogen (secondary N) is 2. The Morgan fingerprint density at radius 1 is 1.09 bits per heavy atom. The average Bonchev–Trinajstić information content (AvgIpc) is 3.70. The van der Waals surface area contributed by atoms with Crippen molar-refractivity contribution in [1.82, 2.24) is 20.4 Å². The number of piperidine rings is 1. The zero-order valence-corrected chi connectivity index (χ0v) is 20.6. The molecule has 1 aromatic carbocycles. The zero-order valence-electron chi connectivity index (χ0n) is 20.6. The fraction of sp³-hybridized carbons (Fsp3) is 0.667. The Balaban J connectivity index is 1.27. The van der Waals surface area contributed by atoms with E-state index in [0.29, 0.717) is 32.4 Å². The number of rotatable bonds is 11. The van der Waals surface area contributed by atoms with Gasteiger partial charge in [0.25, 0.3) is 0 Å². The molecule has 7 heteroatoms. The third-order valence-electron chi connectivity index (χ3n) is 7.67. The molecule has 186 valence electrons. The summed E-state index contributed by atoms with van der Waals surface area (Å²) >= 11 is 0. The first kappa shape index (κ1) is 24.7. The lowest BCUT2D eigenvalue weighted by Gasteiger charge is -2.51. The first-order valence-corrected chi connectivity index (χ1v) is 13.2. The van der Waals surface area contributed by atoms with Crippen LogP contribution in [0.25, 0.3) is 0 Å². The lowest BCUT2D eigenvalue weighted by atomic mass is 9.81. The Morgan fingerprint density at radius 3 is 2.50 bits per heavy atom. The minimum atomic E-state index is -0.703. The maximum atomic E-state index is 13.4. The topological polar surface area (TPSA) is 81.8 Å². The third kappa shape index (κ3) is 5.80. The molecular weight excluding hydrogens is 428 g/mol. The van der Waals surface area contributed by atoms with Crippen molar-refractivity contribution < 1.29 is 14.4 Å². The highest BCUT2D eigenvalue weighted by molar-refractivity contribution is 6.00. The minimum absolute atomic E-state index is 0.0234. The highest BCUT2D eigenvalue weighted by atomic mass is 16.2. The van der Waals surface area contributed by atoms with Gasteiger partial charge >= 0.3 is 0 Å². The van der Waals surface area contributed by atoms with Crippen LogP contribution in [0, 0.1) is 5.92 Å². The summed E-state index contributed by atoms with van der Waals surface area (Å²) in [6.45, 7) is 5.98. The molecule has 34 heavy (non-hydrogen) atoms. The Hall–Kier alpha value is -2.41. The molecule has 2 N–H and O–H groups in total. The maximum Gasteiger partial charge on any atom is 0.246 e. The van der Waals surface area contributed by atoms with E-state index in [1.54, 1.807) is 0 Å². The van der Waals surface area contributed by atoms with Crippen LogP contribution in [0.15, 0.2) is 30.3 Å². The number of carbonyl (C=O) groups is 3. The number of nitrogens with zero attached hydrogens (tertiary/aromatic N) is 2. The van der Waals surface area contributed by atoms with Gasteiger partial charge in [-0.05, 0) is 63.4 Å². The molecular formula is C27H40N4O3. The summed E-state index contributed by atoms with van der Waals surface area (Å²) in [5.74, 6) is 0.479. The van der Waals surface area contributed by atoms with Crippen molar-refractivity contribution in [2.24, 2.45) is 5.92 Å². The second kappa shape index (κ2) is 11.3. The molecule has 3 aliphatic rings. The average molecular weight is 469 g/mol. The van der Waals surface area contributed by atoms with E-state index in [9.17, 15) is 14.4 Å². The van der Waals surface area contributed by atoms with E-state index in [1.165, 1.54) is 5.56 Å². The van der Waals surface area contributed by atoms with Crippen LogP contribution >= 0.6 is 0 Å². The normalized spacial score (nSPS) is 22.6. The van der Waals surface area contributed by atoms with Gasteiger partial charge in [-0.25, -0.2) is 0 Å². The van der Waals surface area contributed by atoms with Crippen LogP contribution in [0.3, 0.4) is 0 Å². The van der Waals surface area contributed by atoms with E-state index in [2.05, 4.69) is 46.7 Å². The molecule has 2 heterocycles. The summed E-state index contributed by atoms with van der Waals surface area (Å²) < 4.78 is 0. The van der Waals surface area contributed by atoms with Crippen LogP contribution < -0.4 is 10.6 Å². The molecule has 2 saturated heterocycles. The molecule has 1 aromatic rings. The second-order valence-electron chi connectivity index (χ2n) is 10.2. The number of benzene rings is 1. The number of unbranched alkanes of at least 4 members (excludes halogenated alkanes) is 1. The van der Waals surface area contributed by atoms with E-state index in [4.69, 9.17) is 0 Å². The van der Waals surface area contributed by atoms with Gasteiger partial charge < -0.3 is 20.4 Å². The van der Waals surface area contributed by atoms with Crippen molar-refractivity contribution in [3.63, 3.8) is 0 Å². The molecule has 0 unspecified atom stereocenters. The lowest BCUT2D eigenvalue weighted by Crippen LogP contribution is -2.72. The van der Waals surface area contributed by atoms with Crippen LogP contribution in [-0.2, 0) is 20.8 Å². The van der Waals surface area contributed by atoms with Crippen LogP contribution in [-0.4, -0.2) is 71.8 Å². The van der Waals surface area contributed by atoms with Gasteiger partial charge in [0.15, 0.2) is 0 Å². The number of carbonyl (C=O) groups excluding carboxylic acids is 3. The van der Waals surface area contributed by atoms with Gasteiger partial charge in [0.05, 0.1) is 0 Å². The van der Waals surface area contributed by atoms with Gasteiger partial charge in [0.2, 0.25) is 17.7 Å². The van der Waals surface area contributed by atoms with Crippen molar-refractivity contribution >= 4 is 17.7 Å². The number of hydrogen-bond donors (Lipinski definition) is 2. The summed E-state index contributed by atoms with van der Waals surface area (Å²) in [5, 5.41) is 6.06. The second-order valence-corrected chi connectivity index (χ2v) is 10.2. The van der Waals surface area contributed by atoms with Crippen molar-refractivity contribution in [3.8, 4) is 0 Å². The minimum Gasteiger partial charge on any atom is -0.356 e. The quantitative estimate of drug-likeness (QED) is 0.489. The highest BCUT2D eigenvalue weighted by Gasteiger charge is 2.52. The summed E-state index contributed by atoms with van der Waals surface area (Å²) in [4.78, 5) is 42.9. The molecule has 0 bridgehead atoms. The van der Waals surface area contributed by atoms with Gasteiger partial charge in [-0.15, -0.1) is 0 Å². The standard InChI is InChI=1S/C27H40N4O3/c1-2-17-31-25(33)23(10-6-7-16-28-24(32)22-11-12-22)29-26(34)27(31)14-19-30(20-15-27)18-13-21-8-4-3-5-9-21/h3-5,8-9,22-23H,2,6-7,10-20H2,1H3,(H,28,32)(H,29,34)/t23-/m0/s1. The SMILES string of the molecule is CCCN1C(=O)[C@H](CCCCNC(=O)C2CC2)NC(=O)C12CCN(CCc1ccccc1)CC2. The fourth-order valence-corrected chi connectivity index (χ4v) is 5.37. The predicted octanol–water partition coefficient (Wildman–Crippen LogP) is 2.50. The molecule has 2 aliphatic heterocycles. The van der Waals surface area contributed by atoms with E-state index >= 15 is 0 Å². The van der Waals surface area contributed by atoms with Gasteiger partial charge in [0, 0.05) is 38.6 Å². The molecule has 1 spiro atoms. The lowest BCUT2D eigenvalue weighted by molar-refractivity contribution is -0.161. The van der Waals surface area contributed by atoms with Crippen LogP contribution in [0.1, 0.15) is 63.9 Å². The largest absolute Gasteiger partial charge is 0.356 e. The Labute approximate surface area is 203 Å². The Kier molecular flexibility index (Phi) is 8.24. The molecule has 3 amide bonds. The monoisotopic (exact) mass is 468 g/mol. The van der Waals surface area contributed by atoms with Crippen LogP contribution in [0.5, 0.6) is 0 Å². The number of amides is 3. The van der Waals surface area contributed by atoms with E-state index in [1.807, 2.05) is 11.0 Å². The van der Waals surface area contributed by atoms with Crippen molar-refractivity contribution in [3.05, 3.63) is 35.9 Å². The molecule has 0 radical (unpaired) electrons. The highest BCUT2D eigenvalue weighted by Crippen LogP contribution is 2.34. The summed E-state index contributed by atoms with van der Waals surface area (Å²) in [6.07, 6.45) is 7.51. The van der Waals surface area contributed by atoms with Gasteiger partial charge in [-0.3, -0.25) is 14.4 Å². The molecule has 7 nitrogen and oxygen atoms in total. The van der Waals surface area contributed by atoms with E-state index < -0.39 is 11.6 Å². The van der Waals surface area contributed by atoms with Gasteiger partial charge in [0.1, 0.15) is 11.6 Å². The number of likely N-dealkylation sites (tertiary alicyclic amines) is 1. The third-order valence-corrected chi connectivity index (χ3v) is 7.67. The molecule has 1 atom stereocenters. The van der Waals surface area contributed by atoms with Crippen molar-refractivity contribution in [1.29, 1.82) is 0 Å². The molecule has 4 rings (SSSR count). The summed E-state index contributed by atoms with van der Waals surface area (Å²) in [7, 11) is 0. The van der Waals surface area contributed by atoms with Crippen LogP contribution in [0.2, 0.25) is 0 Å². The Bertz CT molecular complexity index is 847. The zero-order chi connectivity index (χ0) is 24.0. The first-order valence-electron chi connectivity index (χ1n) is 13.2. The smallest absolute Gasteiger partial charge is 0.246 e. The fourth-order valence-electron chi connectivity index (χ4n) is 5.37. The van der Waals surface area contributed by atoms with Crippen molar-refractivity contribution in [2.75, 3.05) is 32.7 Å². The first-order chi connectivity index (χ1) is 16.5.